The molecule has 0 atom stereocenters. The first-order valence-electron chi connectivity index (χ1n) is 7.72. The van der Waals surface area contributed by atoms with Crippen molar-refractivity contribution in [2.24, 2.45) is 0 Å². The third-order valence-corrected chi connectivity index (χ3v) is 3.94. The van der Waals surface area contributed by atoms with Gasteiger partial charge in [-0.05, 0) is 48.0 Å². The van der Waals surface area contributed by atoms with Crippen molar-refractivity contribution in [2.45, 2.75) is 0 Å². The quantitative estimate of drug-likeness (QED) is 0.706. The van der Waals surface area contributed by atoms with Crippen molar-refractivity contribution in [3.63, 3.8) is 0 Å². The van der Waals surface area contributed by atoms with E-state index in [0.29, 0.717) is 0 Å². The van der Waals surface area contributed by atoms with Crippen molar-refractivity contribution in [1.82, 2.24) is 4.98 Å². The van der Waals surface area contributed by atoms with Gasteiger partial charge in [0.05, 0.1) is 31.8 Å². The van der Waals surface area contributed by atoms with E-state index in [9.17, 15) is 0 Å². The molecule has 3 aromatic rings. The molecule has 130 valence electrons. The Labute approximate surface area is 154 Å². The van der Waals surface area contributed by atoms with Crippen LogP contribution >= 0.6 is 12.4 Å². The van der Waals surface area contributed by atoms with Gasteiger partial charge in [0.2, 0.25) is 0 Å². The topological polar surface area (TPSA) is 43.4 Å². The van der Waals surface area contributed by atoms with Crippen molar-refractivity contribution >= 4 is 18.1 Å². The number of hydrogen-bond acceptors (Lipinski definition) is 4. The number of halogens is 1. The van der Waals surface area contributed by atoms with Crippen LogP contribution in [0.3, 0.4) is 0 Å². The van der Waals surface area contributed by atoms with E-state index in [2.05, 4.69) is 16.4 Å². The van der Waals surface area contributed by atoms with E-state index in [1.54, 1.807) is 14.2 Å². The standard InChI is InChI=1S/C20H20N2O2.ClH/c1-21-16-12-19(14-4-8-17(23-2)9-5-14)20(22-13-16)15-6-10-18(24-3)11-7-15;/h4-13,21H,1-3H3;1H. The Morgan fingerprint density at radius 2 is 1.32 bits per heavy atom. The smallest absolute Gasteiger partial charge is 0.118 e. The summed E-state index contributed by atoms with van der Waals surface area (Å²) >= 11 is 0. The molecule has 0 aliphatic carbocycles. The van der Waals surface area contributed by atoms with Crippen LogP contribution in [-0.2, 0) is 0 Å². The number of hydrogen-bond donors (Lipinski definition) is 1. The lowest BCUT2D eigenvalue weighted by molar-refractivity contribution is 0.414. The molecular formula is C20H21ClN2O2. The van der Waals surface area contributed by atoms with Crippen LogP contribution in [0, 0.1) is 0 Å². The van der Waals surface area contributed by atoms with E-state index in [-0.39, 0.29) is 12.4 Å². The zero-order valence-corrected chi connectivity index (χ0v) is 15.3. The van der Waals surface area contributed by atoms with Crippen LogP contribution in [0.15, 0.2) is 60.8 Å². The van der Waals surface area contributed by atoms with Crippen LogP contribution in [0.2, 0.25) is 0 Å². The Morgan fingerprint density at radius 3 is 1.80 bits per heavy atom. The molecule has 0 amide bonds. The number of pyridine rings is 1. The first-order chi connectivity index (χ1) is 11.7. The molecule has 0 fully saturated rings. The van der Waals surface area contributed by atoms with Crippen LogP contribution in [0.1, 0.15) is 0 Å². The van der Waals surface area contributed by atoms with E-state index in [1.165, 1.54) is 0 Å². The van der Waals surface area contributed by atoms with Gasteiger partial charge in [-0.15, -0.1) is 12.4 Å². The van der Waals surface area contributed by atoms with Gasteiger partial charge < -0.3 is 14.8 Å². The molecule has 2 aromatic carbocycles. The number of nitrogens with one attached hydrogen (secondary N) is 1. The van der Waals surface area contributed by atoms with E-state index < -0.39 is 0 Å². The van der Waals surface area contributed by atoms with Gasteiger partial charge in [-0.1, -0.05) is 12.1 Å². The van der Waals surface area contributed by atoms with Crippen LogP contribution in [-0.4, -0.2) is 26.3 Å². The Morgan fingerprint density at radius 1 is 0.800 bits per heavy atom. The first kappa shape index (κ1) is 18.6. The fourth-order valence-electron chi connectivity index (χ4n) is 2.57. The number of rotatable bonds is 5. The zero-order valence-electron chi connectivity index (χ0n) is 14.4. The van der Waals surface area contributed by atoms with Gasteiger partial charge in [-0.3, -0.25) is 4.98 Å². The highest BCUT2D eigenvalue weighted by molar-refractivity contribution is 5.85. The summed E-state index contributed by atoms with van der Waals surface area (Å²) in [6.07, 6.45) is 1.84. The van der Waals surface area contributed by atoms with Gasteiger partial charge in [0, 0.05) is 18.2 Å². The maximum atomic E-state index is 5.25. The number of nitrogens with zero attached hydrogens (tertiary/aromatic N) is 1. The highest BCUT2D eigenvalue weighted by Gasteiger charge is 2.11. The lowest BCUT2D eigenvalue weighted by Gasteiger charge is -2.12. The Hall–Kier alpha value is -2.72. The highest BCUT2D eigenvalue weighted by atomic mass is 35.5. The summed E-state index contributed by atoms with van der Waals surface area (Å²) in [5.74, 6) is 1.67. The SMILES string of the molecule is CNc1cnc(-c2ccc(OC)cc2)c(-c2ccc(OC)cc2)c1.Cl. The average Bonchev–Trinajstić information content (AvgIpc) is 2.67. The summed E-state index contributed by atoms with van der Waals surface area (Å²) in [6.45, 7) is 0. The molecule has 1 aromatic heterocycles. The second-order valence-electron chi connectivity index (χ2n) is 5.33. The molecule has 25 heavy (non-hydrogen) atoms. The van der Waals surface area contributed by atoms with Gasteiger partial charge in [0.25, 0.3) is 0 Å². The van der Waals surface area contributed by atoms with Gasteiger partial charge in [-0.2, -0.15) is 0 Å². The van der Waals surface area contributed by atoms with Gasteiger partial charge >= 0.3 is 0 Å². The normalized spacial score (nSPS) is 9.88. The van der Waals surface area contributed by atoms with Crippen LogP contribution < -0.4 is 14.8 Å². The van der Waals surface area contributed by atoms with Crippen LogP contribution in [0.4, 0.5) is 5.69 Å². The molecule has 0 bridgehead atoms. The lowest BCUT2D eigenvalue weighted by Crippen LogP contribution is -1.95. The molecule has 1 heterocycles. The van der Waals surface area contributed by atoms with Crippen LogP contribution in [0.25, 0.3) is 22.4 Å². The molecule has 0 unspecified atom stereocenters. The highest BCUT2D eigenvalue weighted by Crippen LogP contribution is 2.33. The summed E-state index contributed by atoms with van der Waals surface area (Å²) in [7, 11) is 5.22. The van der Waals surface area contributed by atoms with E-state index >= 15 is 0 Å². The molecule has 0 saturated heterocycles. The minimum Gasteiger partial charge on any atom is -0.497 e. The monoisotopic (exact) mass is 356 g/mol. The van der Waals surface area contributed by atoms with Gasteiger partial charge in [0.1, 0.15) is 11.5 Å². The summed E-state index contributed by atoms with van der Waals surface area (Å²) in [5.41, 5.74) is 5.10. The second-order valence-corrected chi connectivity index (χ2v) is 5.33. The summed E-state index contributed by atoms with van der Waals surface area (Å²) < 4.78 is 10.5. The van der Waals surface area contributed by atoms with Crippen molar-refractivity contribution in [1.29, 1.82) is 0 Å². The molecule has 0 aliphatic heterocycles. The molecule has 4 nitrogen and oxygen atoms in total. The summed E-state index contributed by atoms with van der Waals surface area (Å²) in [5, 5.41) is 3.15. The molecule has 1 N–H and O–H groups in total. The van der Waals surface area contributed by atoms with Gasteiger partial charge in [0.15, 0.2) is 0 Å². The number of anilines is 1. The van der Waals surface area contributed by atoms with E-state index in [1.807, 2.05) is 61.8 Å². The van der Waals surface area contributed by atoms with Crippen molar-refractivity contribution < 1.29 is 9.47 Å². The largest absolute Gasteiger partial charge is 0.497 e. The summed E-state index contributed by atoms with van der Waals surface area (Å²) in [6, 6.07) is 18.0. The minimum absolute atomic E-state index is 0. The molecule has 0 aliphatic rings. The zero-order chi connectivity index (χ0) is 16.9. The fourth-order valence-corrected chi connectivity index (χ4v) is 2.57. The molecule has 3 rings (SSSR count). The molecular weight excluding hydrogens is 336 g/mol. The van der Waals surface area contributed by atoms with E-state index in [4.69, 9.17) is 9.47 Å². The molecule has 0 saturated carbocycles. The fraction of sp³-hybridized carbons (Fsp3) is 0.150. The van der Waals surface area contributed by atoms with Crippen LogP contribution in [0.5, 0.6) is 11.5 Å². The Kier molecular flexibility index (Phi) is 6.25. The Bertz CT molecular complexity index is 818. The van der Waals surface area contributed by atoms with Crippen molar-refractivity contribution in [3.05, 3.63) is 60.8 Å². The second kappa shape index (κ2) is 8.40. The minimum atomic E-state index is 0. The lowest BCUT2D eigenvalue weighted by atomic mass is 9.99. The first-order valence-corrected chi connectivity index (χ1v) is 7.72. The van der Waals surface area contributed by atoms with E-state index in [0.717, 1.165) is 39.6 Å². The summed E-state index contributed by atoms with van der Waals surface area (Å²) in [4.78, 5) is 4.66. The molecule has 5 heteroatoms. The number of benzene rings is 2. The van der Waals surface area contributed by atoms with Crippen molar-refractivity contribution in [2.75, 3.05) is 26.6 Å². The number of methoxy groups -OCH3 is 2. The average molecular weight is 357 g/mol. The predicted molar refractivity (Wildman–Crippen MR) is 105 cm³/mol. The van der Waals surface area contributed by atoms with Gasteiger partial charge in [-0.25, -0.2) is 0 Å². The molecule has 0 spiro atoms. The predicted octanol–water partition coefficient (Wildman–Crippen LogP) is 4.90. The maximum Gasteiger partial charge on any atom is 0.118 e. The maximum absolute atomic E-state index is 5.25. The van der Waals surface area contributed by atoms with Crippen molar-refractivity contribution in [3.8, 4) is 33.9 Å². The third kappa shape index (κ3) is 4.03. The Balaban J connectivity index is 0.00000225. The number of aromatic nitrogens is 1. The number of ether oxygens (including phenoxy) is 2. The molecule has 0 radical (unpaired) electrons. The third-order valence-electron chi connectivity index (χ3n) is 3.94.